The van der Waals surface area contributed by atoms with Gasteiger partial charge in [0, 0.05) is 38.6 Å². The fourth-order valence-corrected chi connectivity index (χ4v) is 5.09. The SMILES string of the molecule is CS(=O)(=O)N1C[C@H]2CC[C@@H](C1)N(C(=O)CCn1cnc3ccccc31)C2. The Morgan fingerprint density at radius 1 is 1.19 bits per heavy atom. The Kier molecular flexibility index (Phi) is 4.48. The second kappa shape index (κ2) is 6.66. The van der Waals surface area contributed by atoms with E-state index in [0.29, 0.717) is 32.6 Å². The summed E-state index contributed by atoms with van der Waals surface area (Å²) in [6.45, 7) is 2.21. The lowest BCUT2D eigenvalue weighted by atomic mass is 9.95. The number of hydrogen-bond donors (Lipinski definition) is 0. The number of sulfonamides is 1. The van der Waals surface area contributed by atoms with Crippen LogP contribution in [0.15, 0.2) is 30.6 Å². The van der Waals surface area contributed by atoms with Crippen LogP contribution in [0.1, 0.15) is 19.3 Å². The molecule has 0 N–H and O–H groups in total. The standard InChI is InChI=1S/C18H24N4O3S/c1-26(24,25)21-10-14-6-7-15(12-21)22(11-14)18(23)8-9-20-13-19-16-4-2-3-5-17(16)20/h2-5,13-15H,6-12H2,1H3/t14-,15+/m1/s1. The van der Waals surface area contributed by atoms with Gasteiger partial charge in [-0.25, -0.2) is 13.4 Å². The molecule has 1 amide bonds. The predicted molar refractivity (Wildman–Crippen MR) is 99.0 cm³/mol. The average molecular weight is 376 g/mol. The molecule has 3 saturated heterocycles. The number of para-hydroxylation sites is 2. The van der Waals surface area contributed by atoms with Crippen LogP contribution in [0, 0.1) is 5.92 Å². The fraction of sp³-hybridized carbons (Fsp3) is 0.556. The van der Waals surface area contributed by atoms with Gasteiger partial charge < -0.3 is 9.47 Å². The molecule has 0 aliphatic carbocycles. The smallest absolute Gasteiger partial charge is 0.224 e. The van der Waals surface area contributed by atoms with Gasteiger partial charge in [0.25, 0.3) is 0 Å². The fourth-order valence-electron chi connectivity index (χ4n) is 4.16. The molecule has 140 valence electrons. The number of piperidine rings is 1. The first-order chi connectivity index (χ1) is 12.4. The largest absolute Gasteiger partial charge is 0.338 e. The quantitative estimate of drug-likeness (QED) is 0.806. The Bertz CT molecular complexity index is 923. The van der Waals surface area contributed by atoms with E-state index < -0.39 is 10.0 Å². The number of aryl methyl sites for hydroxylation is 1. The summed E-state index contributed by atoms with van der Waals surface area (Å²) in [5.74, 6) is 0.342. The zero-order chi connectivity index (χ0) is 18.3. The first kappa shape index (κ1) is 17.5. The molecule has 0 unspecified atom stereocenters. The van der Waals surface area contributed by atoms with Crippen molar-refractivity contribution in [3.05, 3.63) is 30.6 Å². The zero-order valence-electron chi connectivity index (χ0n) is 14.9. The lowest BCUT2D eigenvalue weighted by Crippen LogP contribution is -2.47. The van der Waals surface area contributed by atoms with E-state index in [9.17, 15) is 13.2 Å². The monoisotopic (exact) mass is 376 g/mol. The number of fused-ring (bicyclic) bond motifs is 5. The maximum Gasteiger partial charge on any atom is 0.224 e. The van der Waals surface area contributed by atoms with Crippen molar-refractivity contribution in [2.45, 2.75) is 31.8 Å². The topological polar surface area (TPSA) is 75.5 Å². The number of amides is 1. The van der Waals surface area contributed by atoms with Gasteiger partial charge in [-0.15, -0.1) is 0 Å². The van der Waals surface area contributed by atoms with Crippen molar-refractivity contribution < 1.29 is 13.2 Å². The van der Waals surface area contributed by atoms with E-state index in [2.05, 4.69) is 4.98 Å². The number of rotatable bonds is 4. The molecular formula is C18H24N4O3S. The molecule has 26 heavy (non-hydrogen) atoms. The molecule has 0 spiro atoms. The van der Waals surface area contributed by atoms with E-state index in [-0.39, 0.29) is 17.9 Å². The van der Waals surface area contributed by atoms with Crippen LogP contribution in [-0.4, -0.2) is 65.0 Å². The highest BCUT2D eigenvalue weighted by Crippen LogP contribution is 2.29. The van der Waals surface area contributed by atoms with Crippen molar-refractivity contribution in [2.75, 3.05) is 25.9 Å². The summed E-state index contributed by atoms with van der Waals surface area (Å²) in [7, 11) is -3.21. The maximum absolute atomic E-state index is 12.9. The van der Waals surface area contributed by atoms with Gasteiger partial charge in [-0.2, -0.15) is 4.31 Å². The third kappa shape index (κ3) is 3.35. The van der Waals surface area contributed by atoms with Gasteiger partial charge in [0.2, 0.25) is 15.9 Å². The highest BCUT2D eigenvalue weighted by molar-refractivity contribution is 7.88. The van der Waals surface area contributed by atoms with E-state index in [1.165, 1.54) is 6.26 Å². The van der Waals surface area contributed by atoms with Crippen LogP contribution in [0.4, 0.5) is 0 Å². The van der Waals surface area contributed by atoms with Gasteiger partial charge in [-0.1, -0.05) is 12.1 Å². The molecule has 3 fully saturated rings. The second-order valence-electron chi connectivity index (χ2n) is 7.40. The van der Waals surface area contributed by atoms with Crippen molar-refractivity contribution in [1.82, 2.24) is 18.8 Å². The minimum Gasteiger partial charge on any atom is -0.338 e. The Morgan fingerprint density at radius 3 is 2.81 bits per heavy atom. The Hall–Kier alpha value is -1.93. The number of hydrogen-bond acceptors (Lipinski definition) is 4. The maximum atomic E-state index is 12.9. The Balaban J connectivity index is 1.45. The van der Waals surface area contributed by atoms with Crippen molar-refractivity contribution in [1.29, 1.82) is 0 Å². The number of carbonyl (C=O) groups excluding carboxylic acids is 1. The van der Waals surface area contributed by atoms with Crippen LogP contribution in [0.3, 0.4) is 0 Å². The average Bonchev–Trinajstić information content (AvgIpc) is 2.78. The van der Waals surface area contributed by atoms with Crippen LogP contribution >= 0.6 is 0 Å². The minimum absolute atomic E-state index is 0.00416. The van der Waals surface area contributed by atoms with Crippen molar-refractivity contribution in [2.24, 2.45) is 5.92 Å². The molecule has 3 aliphatic heterocycles. The lowest BCUT2D eigenvalue weighted by Gasteiger charge is -2.36. The van der Waals surface area contributed by atoms with E-state index >= 15 is 0 Å². The first-order valence-electron chi connectivity index (χ1n) is 9.06. The molecule has 0 saturated carbocycles. The summed E-state index contributed by atoms with van der Waals surface area (Å²) in [6.07, 6.45) is 5.32. The predicted octanol–water partition coefficient (Wildman–Crippen LogP) is 1.31. The molecule has 5 rings (SSSR count). The van der Waals surface area contributed by atoms with Gasteiger partial charge in [0.1, 0.15) is 0 Å². The molecule has 4 heterocycles. The van der Waals surface area contributed by atoms with Gasteiger partial charge in [0.05, 0.1) is 23.6 Å². The summed E-state index contributed by atoms with van der Waals surface area (Å²) in [5.41, 5.74) is 1.96. The zero-order valence-corrected chi connectivity index (χ0v) is 15.7. The molecular weight excluding hydrogens is 352 g/mol. The second-order valence-corrected chi connectivity index (χ2v) is 9.38. The van der Waals surface area contributed by atoms with Crippen molar-refractivity contribution in [3.8, 4) is 0 Å². The molecule has 2 atom stereocenters. The van der Waals surface area contributed by atoms with Gasteiger partial charge in [-0.3, -0.25) is 4.79 Å². The highest BCUT2D eigenvalue weighted by Gasteiger charge is 2.39. The van der Waals surface area contributed by atoms with Crippen LogP contribution in [-0.2, 0) is 21.4 Å². The molecule has 1 aromatic heterocycles. The summed E-state index contributed by atoms with van der Waals surface area (Å²) in [6, 6.07) is 7.88. The molecule has 0 radical (unpaired) electrons. The molecule has 3 aliphatic rings. The van der Waals surface area contributed by atoms with E-state index in [1.54, 1.807) is 10.6 Å². The number of benzene rings is 1. The summed E-state index contributed by atoms with van der Waals surface area (Å²) < 4.78 is 27.5. The third-order valence-electron chi connectivity index (χ3n) is 5.56. The van der Waals surface area contributed by atoms with Crippen molar-refractivity contribution >= 4 is 27.0 Å². The summed E-state index contributed by atoms with van der Waals surface area (Å²) >= 11 is 0. The van der Waals surface area contributed by atoms with Gasteiger partial charge in [0.15, 0.2) is 0 Å². The summed E-state index contributed by atoms with van der Waals surface area (Å²) in [4.78, 5) is 19.1. The van der Waals surface area contributed by atoms with Crippen LogP contribution in [0.2, 0.25) is 0 Å². The highest BCUT2D eigenvalue weighted by atomic mass is 32.2. The number of nitrogens with zero attached hydrogens (tertiary/aromatic N) is 4. The first-order valence-corrected chi connectivity index (χ1v) is 10.9. The summed E-state index contributed by atoms with van der Waals surface area (Å²) in [5, 5.41) is 0. The molecule has 1 aromatic carbocycles. The number of carbonyl (C=O) groups is 1. The number of imidazole rings is 1. The van der Waals surface area contributed by atoms with E-state index in [4.69, 9.17) is 0 Å². The van der Waals surface area contributed by atoms with Crippen molar-refractivity contribution in [3.63, 3.8) is 0 Å². The van der Waals surface area contributed by atoms with Crippen LogP contribution in [0.5, 0.6) is 0 Å². The number of aromatic nitrogens is 2. The molecule has 2 bridgehead atoms. The normalized spacial score (nSPS) is 24.1. The molecule has 8 heteroatoms. The van der Waals surface area contributed by atoms with Crippen LogP contribution < -0.4 is 0 Å². The molecule has 7 nitrogen and oxygen atoms in total. The van der Waals surface area contributed by atoms with Crippen LogP contribution in [0.25, 0.3) is 11.0 Å². The van der Waals surface area contributed by atoms with E-state index in [1.807, 2.05) is 33.7 Å². The van der Waals surface area contributed by atoms with Gasteiger partial charge >= 0.3 is 0 Å². The third-order valence-corrected chi connectivity index (χ3v) is 6.80. The van der Waals surface area contributed by atoms with Gasteiger partial charge in [-0.05, 0) is 30.9 Å². The Morgan fingerprint density at radius 2 is 2.00 bits per heavy atom. The Labute approximate surface area is 153 Å². The van der Waals surface area contributed by atoms with E-state index in [0.717, 1.165) is 23.9 Å². The lowest BCUT2D eigenvalue weighted by molar-refractivity contribution is -0.135. The minimum atomic E-state index is -3.21. The molecule has 2 aromatic rings.